The topological polar surface area (TPSA) is 90.0 Å². The predicted octanol–water partition coefficient (Wildman–Crippen LogP) is 4.92. The van der Waals surface area contributed by atoms with E-state index in [0.717, 1.165) is 62.1 Å². The lowest BCUT2D eigenvalue weighted by Crippen LogP contribution is -2.55. The number of hydrogen-bond acceptors (Lipinski definition) is 4. The molecule has 0 bridgehead atoms. The molecule has 3 aromatic carbocycles. The molecular formula is C34H44N4O4S. The Bertz CT molecular complexity index is 1500. The smallest absolute Gasteiger partial charge is 0.304 e. The van der Waals surface area contributed by atoms with Crippen LogP contribution in [-0.2, 0) is 32.8 Å². The standard InChI is InChI=1S/C34H44N4O4S/c1-25-16-19-29(20-17-25)23-37(32(22-28-11-7-6-8-12-28)34(40)35-30-13-9-10-14-30)33(39)24-38(43(41,42)36(4)5)31-21-26(2)15-18-27(31)3/h6-8,11-12,15-21,30,32H,9-10,13-14,22-24H2,1-5H3,(H,35,40)/t32-/m0/s1. The third-order valence-electron chi connectivity index (χ3n) is 8.10. The molecule has 1 saturated carbocycles. The zero-order valence-electron chi connectivity index (χ0n) is 25.9. The summed E-state index contributed by atoms with van der Waals surface area (Å²) in [6, 6.07) is 22.3. The van der Waals surface area contributed by atoms with Crippen molar-refractivity contribution < 1.29 is 18.0 Å². The number of hydrogen-bond donors (Lipinski definition) is 1. The van der Waals surface area contributed by atoms with Gasteiger partial charge in [0.05, 0.1) is 5.69 Å². The molecule has 1 N–H and O–H groups in total. The second-order valence-corrected chi connectivity index (χ2v) is 13.9. The normalized spacial score (nSPS) is 14.5. The van der Waals surface area contributed by atoms with E-state index in [4.69, 9.17) is 0 Å². The first-order valence-electron chi connectivity index (χ1n) is 14.9. The number of benzene rings is 3. The second-order valence-electron chi connectivity index (χ2n) is 11.8. The third-order valence-corrected chi connectivity index (χ3v) is 9.90. The Hall–Kier alpha value is -3.69. The molecule has 2 amide bonds. The van der Waals surface area contributed by atoms with Crippen LogP contribution in [0.4, 0.5) is 5.69 Å². The maximum atomic E-state index is 14.5. The van der Waals surface area contributed by atoms with Crippen molar-refractivity contribution in [3.63, 3.8) is 0 Å². The SMILES string of the molecule is Cc1ccc(CN(C(=O)CN(c2cc(C)ccc2C)S(=O)(=O)N(C)C)[C@@H](Cc2ccccc2)C(=O)NC2CCCC2)cc1. The number of nitrogens with one attached hydrogen (secondary N) is 1. The number of aryl methyl sites for hydroxylation is 3. The van der Waals surface area contributed by atoms with Crippen molar-refractivity contribution in [3.8, 4) is 0 Å². The summed E-state index contributed by atoms with van der Waals surface area (Å²) < 4.78 is 29.6. The molecule has 1 aliphatic rings. The lowest BCUT2D eigenvalue weighted by atomic mass is 10.0. The number of nitrogens with zero attached hydrogens (tertiary/aromatic N) is 3. The molecule has 9 heteroatoms. The maximum absolute atomic E-state index is 14.5. The highest BCUT2D eigenvalue weighted by Gasteiger charge is 2.36. The minimum absolute atomic E-state index is 0.0719. The van der Waals surface area contributed by atoms with E-state index in [0.29, 0.717) is 12.1 Å². The van der Waals surface area contributed by atoms with Crippen LogP contribution in [0, 0.1) is 20.8 Å². The minimum Gasteiger partial charge on any atom is -0.352 e. The molecule has 0 heterocycles. The van der Waals surface area contributed by atoms with Gasteiger partial charge in [-0.15, -0.1) is 0 Å². The largest absolute Gasteiger partial charge is 0.352 e. The van der Waals surface area contributed by atoms with E-state index in [9.17, 15) is 18.0 Å². The Morgan fingerprint density at radius 2 is 1.49 bits per heavy atom. The molecule has 1 atom stereocenters. The lowest BCUT2D eigenvalue weighted by Gasteiger charge is -2.35. The number of amides is 2. The highest BCUT2D eigenvalue weighted by Crippen LogP contribution is 2.27. The van der Waals surface area contributed by atoms with Crippen molar-refractivity contribution in [1.29, 1.82) is 0 Å². The molecule has 8 nitrogen and oxygen atoms in total. The highest BCUT2D eigenvalue weighted by atomic mass is 32.2. The molecule has 0 aliphatic heterocycles. The first-order chi connectivity index (χ1) is 20.5. The Kier molecular flexibility index (Phi) is 10.6. The molecule has 1 fully saturated rings. The first kappa shape index (κ1) is 32.2. The fourth-order valence-electron chi connectivity index (χ4n) is 5.50. The van der Waals surface area contributed by atoms with Crippen molar-refractivity contribution in [2.75, 3.05) is 24.9 Å². The zero-order valence-corrected chi connectivity index (χ0v) is 26.7. The molecule has 0 spiro atoms. The van der Waals surface area contributed by atoms with Gasteiger partial charge in [-0.3, -0.25) is 9.59 Å². The van der Waals surface area contributed by atoms with Gasteiger partial charge in [0.1, 0.15) is 12.6 Å². The van der Waals surface area contributed by atoms with Crippen LogP contribution in [0.2, 0.25) is 0 Å². The van der Waals surface area contributed by atoms with Gasteiger partial charge in [0, 0.05) is 33.1 Å². The van der Waals surface area contributed by atoms with Crippen LogP contribution < -0.4 is 9.62 Å². The molecule has 0 aromatic heterocycles. The summed E-state index contributed by atoms with van der Waals surface area (Å²) in [6.07, 6.45) is 4.26. The molecule has 4 rings (SSSR count). The van der Waals surface area contributed by atoms with Crippen LogP contribution in [0.3, 0.4) is 0 Å². The van der Waals surface area contributed by atoms with Crippen molar-refractivity contribution in [2.45, 2.75) is 71.5 Å². The van der Waals surface area contributed by atoms with Crippen LogP contribution in [0.25, 0.3) is 0 Å². The molecular weight excluding hydrogens is 560 g/mol. The van der Waals surface area contributed by atoms with Crippen LogP contribution >= 0.6 is 0 Å². The van der Waals surface area contributed by atoms with Gasteiger partial charge in [-0.25, -0.2) is 4.31 Å². The number of carbonyl (C=O) groups is 2. The van der Waals surface area contributed by atoms with Crippen molar-refractivity contribution in [3.05, 3.63) is 101 Å². The van der Waals surface area contributed by atoms with Crippen LogP contribution in [0.1, 0.15) is 53.5 Å². The Balaban J connectivity index is 1.77. The van der Waals surface area contributed by atoms with Gasteiger partial charge >= 0.3 is 10.2 Å². The van der Waals surface area contributed by atoms with Crippen LogP contribution in [-0.4, -0.2) is 62.2 Å². The fraction of sp³-hybridized carbons (Fsp3) is 0.412. The molecule has 0 radical (unpaired) electrons. The van der Waals surface area contributed by atoms with Crippen LogP contribution in [0.15, 0.2) is 72.8 Å². The van der Waals surface area contributed by atoms with Crippen molar-refractivity contribution >= 4 is 27.7 Å². The third kappa shape index (κ3) is 8.24. The summed E-state index contributed by atoms with van der Waals surface area (Å²) in [7, 11) is -1.14. The lowest BCUT2D eigenvalue weighted by molar-refractivity contribution is -0.140. The van der Waals surface area contributed by atoms with E-state index >= 15 is 0 Å². The van der Waals surface area contributed by atoms with Gasteiger partial charge in [0.15, 0.2) is 0 Å². The van der Waals surface area contributed by atoms with Gasteiger partial charge in [-0.05, 0) is 61.9 Å². The van der Waals surface area contributed by atoms with Gasteiger partial charge in [0.2, 0.25) is 11.8 Å². The van der Waals surface area contributed by atoms with Crippen molar-refractivity contribution in [2.24, 2.45) is 0 Å². The van der Waals surface area contributed by atoms with Crippen molar-refractivity contribution in [1.82, 2.24) is 14.5 Å². The van der Waals surface area contributed by atoms with Gasteiger partial charge in [-0.1, -0.05) is 85.1 Å². The molecule has 3 aromatic rings. The molecule has 0 saturated heterocycles. The average molecular weight is 605 g/mol. The highest BCUT2D eigenvalue weighted by molar-refractivity contribution is 7.90. The zero-order chi connectivity index (χ0) is 31.1. The molecule has 0 unspecified atom stereocenters. The molecule has 43 heavy (non-hydrogen) atoms. The van der Waals surface area contributed by atoms with Crippen LogP contribution in [0.5, 0.6) is 0 Å². The number of carbonyl (C=O) groups excluding carboxylic acids is 2. The summed E-state index contributed by atoms with van der Waals surface area (Å²) in [5.41, 5.74) is 4.91. The Morgan fingerprint density at radius 1 is 0.860 bits per heavy atom. The molecule has 230 valence electrons. The van der Waals surface area contributed by atoms with Gasteiger partial charge in [0.25, 0.3) is 0 Å². The Labute approximate surface area is 256 Å². The Morgan fingerprint density at radius 3 is 2.12 bits per heavy atom. The summed E-state index contributed by atoms with van der Waals surface area (Å²) in [6.45, 7) is 5.43. The van der Waals surface area contributed by atoms with Gasteiger partial charge in [-0.2, -0.15) is 12.7 Å². The van der Waals surface area contributed by atoms with E-state index in [1.165, 1.54) is 14.1 Å². The minimum atomic E-state index is -4.04. The summed E-state index contributed by atoms with van der Waals surface area (Å²) in [5.74, 6) is -0.667. The van der Waals surface area contributed by atoms with E-state index in [-0.39, 0.29) is 18.5 Å². The van der Waals surface area contributed by atoms with E-state index in [1.807, 2.05) is 87.5 Å². The van der Waals surface area contributed by atoms with Gasteiger partial charge < -0.3 is 10.2 Å². The summed E-state index contributed by atoms with van der Waals surface area (Å²) >= 11 is 0. The average Bonchev–Trinajstić information content (AvgIpc) is 3.49. The first-order valence-corrected chi connectivity index (χ1v) is 16.3. The maximum Gasteiger partial charge on any atom is 0.304 e. The number of rotatable bonds is 12. The molecule has 1 aliphatic carbocycles. The quantitative estimate of drug-likeness (QED) is 0.318. The summed E-state index contributed by atoms with van der Waals surface area (Å²) in [5, 5.41) is 3.21. The number of anilines is 1. The second kappa shape index (κ2) is 14.2. The van der Waals surface area contributed by atoms with E-state index in [2.05, 4.69) is 5.32 Å². The van der Waals surface area contributed by atoms with E-state index in [1.54, 1.807) is 11.0 Å². The monoisotopic (exact) mass is 604 g/mol. The van der Waals surface area contributed by atoms with E-state index < -0.39 is 28.7 Å². The summed E-state index contributed by atoms with van der Waals surface area (Å²) in [4.78, 5) is 30.0. The fourth-order valence-corrected chi connectivity index (χ4v) is 6.61. The predicted molar refractivity (Wildman–Crippen MR) is 172 cm³/mol.